The lowest BCUT2D eigenvalue weighted by Crippen LogP contribution is -2.32. The standard InChI is InChI=1S/C22H19ClFN7O2/c1-33-19-15(4-2-5-16(19)24)20-27-21(29-28-20)17-6-3-11-30(17)22(32)14-8-7-13(23)12-18(14)31-25-9-10-26-31/h2,4-5,7-10,12,17H,3,6,11H2,1H3,(H,27,28,29). The van der Waals surface area contributed by atoms with Crippen LogP contribution in [0, 0.1) is 5.82 Å². The van der Waals surface area contributed by atoms with Gasteiger partial charge in [0.15, 0.2) is 23.2 Å². The van der Waals surface area contributed by atoms with Crippen molar-refractivity contribution in [2.75, 3.05) is 13.7 Å². The third kappa shape index (κ3) is 3.82. The van der Waals surface area contributed by atoms with Crippen LogP contribution in [-0.2, 0) is 0 Å². The predicted molar refractivity (Wildman–Crippen MR) is 118 cm³/mol. The van der Waals surface area contributed by atoms with Crippen LogP contribution in [0.3, 0.4) is 0 Å². The number of carbonyl (C=O) groups excluding carboxylic acids is 1. The van der Waals surface area contributed by atoms with E-state index in [-0.39, 0.29) is 17.7 Å². The molecule has 168 valence electrons. The number of benzene rings is 2. The molecule has 5 rings (SSSR count). The number of halogens is 2. The van der Waals surface area contributed by atoms with Crippen LogP contribution in [0.5, 0.6) is 5.75 Å². The van der Waals surface area contributed by atoms with Crippen molar-refractivity contribution in [2.24, 2.45) is 0 Å². The average Bonchev–Trinajstić information content (AvgIpc) is 3.60. The maximum absolute atomic E-state index is 14.1. The van der Waals surface area contributed by atoms with Gasteiger partial charge in [-0.15, -0.1) is 10.2 Å². The van der Waals surface area contributed by atoms with Crippen molar-refractivity contribution in [2.45, 2.75) is 18.9 Å². The molecule has 3 heterocycles. The van der Waals surface area contributed by atoms with Crippen molar-refractivity contribution >= 4 is 17.5 Å². The first-order valence-electron chi connectivity index (χ1n) is 10.3. The van der Waals surface area contributed by atoms with Crippen LogP contribution < -0.4 is 4.74 Å². The number of rotatable bonds is 5. The van der Waals surface area contributed by atoms with Gasteiger partial charge in [-0.2, -0.15) is 15.0 Å². The summed E-state index contributed by atoms with van der Waals surface area (Å²) in [5.41, 5.74) is 1.37. The van der Waals surface area contributed by atoms with E-state index in [1.807, 2.05) is 0 Å². The molecule has 1 aliphatic rings. The van der Waals surface area contributed by atoms with E-state index >= 15 is 0 Å². The largest absolute Gasteiger partial charge is 0.493 e. The molecule has 2 aromatic heterocycles. The van der Waals surface area contributed by atoms with Crippen LogP contribution in [0.2, 0.25) is 5.02 Å². The number of para-hydroxylation sites is 1. The number of hydrogen-bond donors (Lipinski definition) is 1. The fourth-order valence-corrected chi connectivity index (χ4v) is 4.26. The van der Waals surface area contributed by atoms with Gasteiger partial charge >= 0.3 is 0 Å². The summed E-state index contributed by atoms with van der Waals surface area (Å²) in [5, 5.41) is 17.2. The fraction of sp³-hybridized carbons (Fsp3) is 0.227. The number of likely N-dealkylation sites (tertiary alicyclic amines) is 1. The van der Waals surface area contributed by atoms with Gasteiger partial charge in [0, 0.05) is 11.6 Å². The fourth-order valence-electron chi connectivity index (χ4n) is 4.09. The Labute approximate surface area is 193 Å². The van der Waals surface area contributed by atoms with Crippen molar-refractivity contribution < 1.29 is 13.9 Å². The molecule has 0 aliphatic carbocycles. The summed E-state index contributed by atoms with van der Waals surface area (Å²) in [4.78, 5) is 19.8. The lowest BCUT2D eigenvalue weighted by molar-refractivity contribution is 0.0729. The maximum atomic E-state index is 14.1. The molecule has 1 saturated heterocycles. The second-order valence-corrected chi connectivity index (χ2v) is 7.95. The van der Waals surface area contributed by atoms with Crippen molar-refractivity contribution in [1.29, 1.82) is 0 Å². The Morgan fingerprint density at radius 2 is 2.03 bits per heavy atom. The van der Waals surface area contributed by atoms with Crippen LogP contribution in [0.1, 0.15) is 35.1 Å². The van der Waals surface area contributed by atoms with Gasteiger partial charge in [-0.1, -0.05) is 17.7 Å². The topological polar surface area (TPSA) is 102 Å². The van der Waals surface area contributed by atoms with Gasteiger partial charge in [0.05, 0.1) is 42.4 Å². The van der Waals surface area contributed by atoms with Gasteiger partial charge in [0.1, 0.15) is 0 Å². The van der Waals surface area contributed by atoms with E-state index in [4.69, 9.17) is 16.3 Å². The highest BCUT2D eigenvalue weighted by molar-refractivity contribution is 6.31. The van der Waals surface area contributed by atoms with Crippen LogP contribution in [-0.4, -0.2) is 54.6 Å². The zero-order valence-corrected chi connectivity index (χ0v) is 18.3. The highest BCUT2D eigenvalue weighted by Crippen LogP contribution is 2.35. The first kappa shape index (κ1) is 21.1. The van der Waals surface area contributed by atoms with Crippen molar-refractivity contribution in [3.63, 3.8) is 0 Å². The SMILES string of the molecule is COc1c(F)cccc1-c1nnc(C2CCCN2C(=O)c2ccc(Cl)cc2-n2nccn2)[nH]1. The highest BCUT2D eigenvalue weighted by Gasteiger charge is 2.34. The summed E-state index contributed by atoms with van der Waals surface area (Å²) < 4.78 is 19.3. The maximum Gasteiger partial charge on any atom is 0.256 e. The second-order valence-electron chi connectivity index (χ2n) is 7.52. The Balaban J connectivity index is 1.47. The van der Waals surface area contributed by atoms with E-state index in [2.05, 4.69) is 25.4 Å². The monoisotopic (exact) mass is 467 g/mol. The number of nitrogens with zero attached hydrogens (tertiary/aromatic N) is 6. The summed E-state index contributed by atoms with van der Waals surface area (Å²) in [6, 6.07) is 9.26. The van der Waals surface area contributed by atoms with Gasteiger partial charge in [-0.05, 0) is 43.2 Å². The average molecular weight is 468 g/mol. The molecule has 1 atom stereocenters. The number of H-pyrrole nitrogens is 1. The van der Waals surface area contributed by atoms with E-state index in [0.717, 1.165) is 6.42 Å². The minimum absolute atomic E-state index is 0.0806. The molecule has 11 heteroatoms. The summed E-state index contributed by atoms with van der Waals surface area (Å²) in [6.45, 7) is 0.553. The number of carbonyl (C=O) groups is 1. The van der Waals surface area contributed by atoms with E-state index < -0.39 is 5.82 Å². The minimum atomic E-state index is -0.492. The zero-order valence-electron chi connectivity index (χ0n) is 17.6. The summed E-state index contributed by atoms with van der Waals surface area (Å²) in [6.07, 6.45) is 4.58. The van der Waals surface area contributed by atoms with Crippen LogP contribution in [0.15, 0.2) is 48.8 Å². The third-order valence-corrected chi connectivity index (χ3v) is 5.82. The van der Waals surface area contributed by atoms with Gasteiger partial charge in [0.2, 0.25) is 0 Å². The molecule has 1 aliphatic heterocycles. The summed E-state index contributed by atoms with van der Waals surface area (Å²) in [7, 11) is 1.40. The van der Waals surface area contributed by atoms with Crippen LogP contribution in [0.4, 0.5) is 4.39 Å². The normalized spacial score (nSPS) is 15.7. The first-order chi connectivity index (χ1) is 16.1. The molecular weight excluding hydrogens is 449 g/mol. The molecule has 4 aromatic rings. The Hall–Kier alpha value is -3.79. The van der Waals surface area contributed by atoms with Gasteiger partial charge in [-0.25, -0.2) is 4.39 Å². The lowest BCUT2D eigenvalue weighted by atomic mass is 10.1. The Morgan fingerprint density at radius 1 is 1.21 bits per heavy atom. The van der Waals surface area contributed by atoms with Crippen LogP contribution in [0.25, 0.3) is 17.1 Å². The number of hydrogen-bond acceptors (Lipinski definition) is 6. The molecule has 0 spiro atoms. The van der Waals surface area contributed by atoms with E-state index in [1.165, 1.54) is 30.4 Å². The highest BCUT2D eigenvalue weighted by atomic mass is 35.5. The lowest BCUT2D eigenvalue weighted by Gasteiger charge is -2.24. The summed E-state index contributed by atoms with van der Waals surface area (Å²) in [5.74, 6) is 0.288. The minimum Gasteiger partial charge on any atom is -0.493 e. The molecule has 1 fully saturated rings. The summed E-state index contributed by atoms with van der Waals surface area (Å²) >= 11 is 6.17. The molecular formula is C22H19ClFN7O2. The number of nitrogens with one attached hydrogen (secondary N) is 1. The van der Waals surface area contributed by atoms with Gasteiger partial charge < -0.3 is 14.6 Å². The molecule has 0 radical (unpaired) electrons. The first-order valence-corrected chi connectivity index (χ1v) is 10.7. The zero-order chi connectivity index (χ0) is 22.9. The molecule has 2 aromatic carbocycles. The molecule has 1 unspecified atom stereocenters. The predicted octanol–water partition coefficient (Wildman–Crippen LogP) is 3.83. The van der Waals surface area contributed by atoms with Crippen LogP contribution >= 0.6 is 11.6 Å². The number of methoxy groups -OCH3 is 1. The molecule has 0 bridgehead atoms. The van der Waals surface area contributed by atoms with E-state index in [0.29, 0.717) is 46.5 Å². The number of ether oxygens (including phenoxy) is 1. The van der Waals surface area contributed by atoms with Crippen molar-refractivity contribution in [3.8, 4) is 22.8 Å². The molecule has 1 amide bonds. The molecule has 33 heavy (non-hydrogen) atoms. The number of aromatic nitrogens is 6. The third-order valence-electron chi connectivity index (χ3n) is 5.58. The van der Waals surface area contributed by atoms with Gasteiger partial charge in [-0.3, -0.25) is 4.79 Å². The molecule has 9 nitrogen and oxygen atoms in total. The molecule has 1 N–H and O–H groups in total. The Kier molecular flexibility index (Phi) is 5.51. The van der Waals surface area contributed by atoms with Crippen molar-refractivity contribution in [1.82, 2.24) is 35.1 Å². The van der Waals surface area contributed by atoms with E-state index in [1.54, 1.807) is 35.2 Å². The second kappa shape index (κ2) is 8.62. The van der Waals surface area contributed by atoms with Crippen molar-refractivity contribution in [3.05, 3.63) is 71.0 Å². The quantitative estimate of drug-likeness (QED) is 0.478. The smallest absolute Gasteiger partial charge is 0.256 e. The van der Waals surface area contributed by atoms with Gasteiger partial charge in [0.25, 0.3) is 5.91 Å². The molecule has 0 saturated carbocycles. The number of amides is 1. The number of aromatic amines is 1. The van der Waals surface area contributed by atoms with E-state index in [9.17, 15) is 9.18 Å². The Morgan fingerprint density at radius 3 is 2.82 bits per heavy atom. The Bertz CT molecular complexity index is 1310.